The molecule has 0 unspecified atom stereocenters. The van der Waals surface area contributed by atoms with Gasteiger partial charge in [0.25, 0.3) is 0 Å². The number of aryl methyl sites for hydroxylation is 1. The molecule has 0 saturated carbocycles. The van der Waals surface area contributed by atoms with Gasteiger partial charge in [0.15, 0.2) is 0 Å². The molecule has 24 heavy (non-hydrogen) atoms. The van der Waals surface area contributed by atoms with Crippen LogP contribution < -0.4 is 4.90 Å². The summed E-state index contributed by atoms with van der Waals surface area (Å²) in [5.41, 5.74) is 4.03. The van der Waals surface area contributed by atoms with Crippen LogP contribution in [0.5, 0.6) is 0 Å². The fourth-order valence-corrected chi connectivity index (χ4v) is 3.29. The van der Waals surface area contributed by atoms with E-state index in [4.69, 9.17) is 0 Å². The Kier molecular flexibility index (Phi) is 4.60. The highest BCUT2D eigenvalue weighted by atomic mass is 19.1. The molecule has 0 radical (unpaired) electrons. The van der Waals surface area contributed by atoms with Crippen LogP contribution in [0.3, 0.4) is 0 Å². The van der Waals surface area contributed by atoms with Crippen molar-refractivity contribution < 1.29 is 9.18 Å². The van der Waals surface area contributed by atoms with Crippen LogP contribution in [0.1, 0.15) is 17.0 Å². The maximum atomic E-state index is 13.9. The van der Waals surface area contributed by atoms with Gasteiger partial charge in [0.1, 0.15) is 5.82 Å². The summed E-state index contributed by atoms with van der Waals surface area (Å²) in [6.07, 6.45) is 0.438. The van der Waals surface area contributed by atoms with Crippen LogP contribution in [-0.2, 0) is 18.3 Å². The largest absolute Gasteiger partial charge is 0.366 e. The van der Waals surface area contributed by atoms with Crippen LogP contribution in [0.25, 0.3) is 0 Å². The Labute approximate surface area is 142 Å². The van der Waals surface area contributed by atoms with Crippen LogP contribution in [0.15, 0.2) is 30.3 Å². The monoisotopic (exact) mass is 329 g/mol. The average Bonchev–Trinajstić information content (AvgIpc) is 2.82. The molecule has 1 aliphatic rings. The molecule has 0 bridgehead atoms. The van der Waals surface area contributed by atoms with Gasteiger partial charge in [-0.25, -0.2) is 4.39 Å². The van der Waals surface area contributed by atoms with Gasteiger partial charge in [-0.05, 0) is 37.6 Å². The Morgan fingerprint density at radius 1 is 1.12 bits per heavy atom. The maximum Gasteiger partial charge on any atom is 0.227 e. The number of benzene rings is 1. The predicted molar refractivity (Wildman–Crippen MR) is 93.8 cm³/mol. The fraction of sp³-hybridized carbons (Fsp3) is 0.421. The third-order valence-electron chi connectivity index (χ3n) is 5.05. The second-order valence-corrected chi connectivity index (χ2v) is 6.45. The topological polar surface area (TPSA) is 28.5 Å². The quantitative estimate of drug-likeness (QED) is 0.866. The number of aromatic nitrogens is 1. The van der Waals surface area contributed by atoms with E-state index in [1.54, 1.807) is 12.1 Å². The number of carbonyl (C=O) groups excluding carboxylic acids is 1. The van der Waals surface area contributed by atoms with Gasteiger partial charge < -0.3 is 14.4 Å². The van der Waals surface area contributed by atoms with Crippen molar-refractivity contribution in [3.63, 3.8) is 0 Å². The molecule has 1 aromatic carbocycles. The van der Waals surface area contributed by atoms with Crippen LogP contribution >= 0.6 is 0 Å². The lowest BCUT2D eigenvalue weighted by atomic mass is 10.1. The van der Waals surface area contributed by atoms with Crippen molar-refractivity contribution >= 4 is 11.6 Å². The molecule has 3 rings (SSSR count). The minimum Gasteiger partial charge on any atom is -0.366 e. The zero-order valence-electron chi connectivity index (χ0n) is 14.6. The summed E-state index contributed by atoms with van der Waals surface area (Å²) in [4.78, 5) is 16.5. The third-order valence-corrected chi connectivity index (χ3v) is 5.05. The van der Waals surface area contributed by atoms with E-state index < -0.39 is 0 Å². The lowest BCUT2D eigenvalue weighted by molar-refractivity contribution is -0.130. The molecule has 5 heteroatoms. The smallest absolute Gasteiger partial charge is 0.227 e. The molecule has 0 N–H and O–H groups in total. The Morgan fingerprint density at radius 2 is 1.79 bits per heavy atom. The number of halogens is 1. The SMILES string of the molecule is Cc1cc(CC(=O)N2CCN(c3ccccc3F)CC2)c(C)n1C. The molecule has 2 aromatic rings. The Morgan fingerprint density at radius 3 is 2.38 bits per heavy atom. The van der Waals surface area contributed by atoms with Crippen LogP contribution in [0.2, 0.25) is 0 Å². The Balaban J connectivity index is 1.61. The molecule has 4 nitrogen and oxygen atoms in total. The number of rotatable bonds is 3. The number of anilines is 1. The minimum atomic E-state index is -0.201. The van der Waals surface area contributed by atoms with E-state index >= 15 is 0 Å². The first kappa shape index (κ1) is 16.6. The lowest BCUT2D eigenvalue weighted by Gasteiger charge is -2.36. The molecular formula is C19H24FN3O. The number of para-hydroxylation sites is 1. The van der Waals surface area contributed by atoms with Crippen LogP contribution in [-0.4, -0.2) is 41.6 Å². The summed E-state index contributed by atoms with van der Waals surface area (Å²) < 4.78 is 16.0. The molecule has 128 valence electrons. The minimum absolute atomic E-state index is 0.150. The van der Waals surface area contributed by atoms with Crippen molar-refractivity contribution in [1.82, 2.24) is 9.47 Å². The van der Waals surface area contributed by atoms with E-state index in [-0.39, 0.29) is 11.7 Å². The van der Waals surface area contributed by atoms with E-state index in [0.29, 0.717) is 38.3 Å². The summed E-state index contributed by atoms with van der Waals surface area (Å²) in [5.74, 6) is -0.0513. The molecule has 0 spiro atoms. The van der Waals surface area contributed by atoms with Gasteiger partial charge in [-0.2, -0.15) is 0 Å². The molecule has 0 aliphatic carbocycles. The fourth-order valence-electron chi connectivity index (χ4n) is 3.29. The zero-order chi connectivity index (χ0) is 17.3. The van der Waals surface area contributed by atoms with Gasteiger partial charge in [-0.3, -0.25) is 4.79 Å². The van der Waals surface area contributed by atoms with Crippen molar-refractivity contribution in [2.24, 2.45) is 7.05 Å². The highest BCUT2D eigenvalue weighted by Gasteiger charge is 2.23. The number of carbonyl (C=O) groups is 1. The van der Waals surface area contributed by atoms with Crippen LogP contribution in [0, 0.1) is 19.7 Å². The van der Waals surface area contributed by atoms with Gasteiger partial charge in [0.05, 0.1) is 12.1 Å². The van der Waals surface area contributed by atoms with Gasteiger partial charge in [0.2, 0.25) is 5.91 Å². The third kappa shape index (κ3) is 3.16. The summed E-state index contributed by atoms with van der Waals surface area (Å²) in [6.45, 7) is 6.70. The predicted octanol–water partition coefficient (Wildman–Crippen LogP) is 2.67. The van der Waals surface area contributed by atoms with E-state index in [2.05, 4.69) is 10.6 Å². The molecule has 1 saturated heterocycles. The average molecular weight is 329 g/mol. The molecule has 1 aliphatic heterocycles. The second-order valence-electron chi connectivity index (χ2n) is 6.45. The standard InChI is InChI=1S/C19H24FN3O/c1-14-12-16(15(2)21(14)3)13-19(24)23-10-8-22(9-11-23)18-7-5-4-6-17(18)20/h4-7,12H,8-11,13H2,1-3H3. The highest BCUT2D eigenvalue weighted by Crippen LogP contribution is 2.21. The van der Waals surface area contributed by atoms with Crippen molar-refractivity contribution in [2.75, 3.05) is 31.1 Å². The summed E-state index contributed by atoms with van der Waals surface area (Å²) in [6, 6.07) is 8.90. The van der Waals surface area contributed by atoms with E-state index in [1.807, 2.05) is 36.8 Å². The van der Waals surface area contributed by atoms with Crippen molar-refractivity contribution in [1.29, 1.82) is 0 Å². The molecule has 1 aromatic heterocycles. The second kappa shape index (κ2) is 6.67. The van der Waals surface area contributed by atoms with E-state index in [1.165, 1.54) is 11.8 Å². The molecule has 0 atom stereocenters. The molecule has 2 heterocycles. The maximum absolute atomic E-state index is 13.9. The van der Waals surface area contributed by atoms with Gasteiger partial charge in [0, 0.05) is 44.6 Å². The first-order valence-electron chi connectivity index (χ1n) is 8.36. The van der Waals surface area contributed by atoms with Crippen molar-refractivity contribution in [3.8, 4) is 0 Å². The van der Waals surface area contributed by atoms with Crippen molar-refractivity contribution in [2.45, 2.75) is 20.3 Å². The van der Waals surface area contributed by atoms with Gasteiger partial charge in [-0.15, -0.1) is 0 Å². The lowest BCUT2D eigenvalue weighted by Crippen LogP contribution is -2.49. The van der Waals surface area contributed by atoms with Crippen LogP contribution in [0.4, 0.5) is 10.1 Å². The normalized spacial score (nSPS) is 15.0. The number of piperazine rings is 1. The molecule has 1 amide bonds. The number of hydrogen-bond donors (Lipinski definition) is 0. The van der Waals surface area contributed by atoms with Gasteiger partial charge in [-0.1, -0.05) is 12.1 Å². The number of amides is 1. The summed E-state index contributed by atoms with van der Waals surface area (Å²) in [7, 11) is 2.02. The molecule has 1 fully saturated rings. The Hall–Kier alpha value is -2.30. The number of nitrogens with zero attached hydrogens (tertiary/aromatic N) is 3. The summed E-state index contributed by atoms with van der Waals surface area (Å²) >= 11 is 0. The van der Waals surface area contributed by atoms with Gasteiger partial charge >= 0.3 is 0 Å². The zero-order valence-corrected chi connectivity index (χ0v) is 14.6. The first-order valence-corrected chi connectivity index (χ1v) is 8.36. The highest BCUT2D eigenvalue weighted by molar-refractivity contribution is 5.79. The molecular weight excluding hydrogens is 305 g/mol. The first-order chi connectivity index (χ1) is 11.5. The van der Waals surface area contributed by atoms with E-state index in [9.17, 15) is 9.18 Å². The van der Waals surface area contributed by atoms with Crippen molar-refractivity contribution in [3.05, 3.63) is 53.1 Å². The summed E-state index contributed by atoms with van der Waals surface area (Å²) in [5, 5.41) is 0. The Bertz CT molecular complexity index is 745. The number of hydrogen-bond acceptors (Lipinski definition) is 2. The van der Waals surface area contributed by atoms with E-state index in [0.717, 1.165) is 11.3 Å².